The summed E-state index contributed by atoms with van der Waals surface area (Å²) in [5, 5.41) is 0. The normalized spacial score (nSPS) is 8.43. The summed E-state index contributed by atoms with van der Waals surface area (Å²) in [6.45, 7) is 0. The summed E-state index contributed by atoms with van der Waals surface area (Å²) in [7, 11) is 0. The van der Waals surface area contributed by atoms with Crippen LogP contribution < -0.4 is 0 Å². The zero-order valence-corrected chi connectivity index (χ0v) is 5.98. The van der Waals surface area contributed by atoms with Gasteiger partial charge in [-0.2, -0.15) is 0 Å². The Morgan fingerprint density at radius 2 is 2.14 bits per heavy atom. The Kier molecular flexibility index (Phi) is 5.28. The maximum atomic E-state index is 5.24. The van der Waals surface area contributed by atoms with Gasteiger partial charge in [-0.3, -0.25) is 0 Å². The number of hydrogen-bond donors (Lipinski definition) is 0. The van der Waals surface area contributed by atoms with Gasteiger partial charge in [0.2, 0.25) is 0 Å². The van der Waals surface area contributed by atoms with E-state index in [9.17, 15) is 0 Å². The lowest BCUT2D eigenvalue weighted by molar-refractivity contribution is 1.25. The van der Waals surface area contributed by atoms with Gasteiger partial charge < -0.3 is 0 Å². The van der Waals surface area contributed by atoms with Crippen molar-refractivity contribution in [2.45, 2.75) is 6.42 Å². The minimum atomic E-state index is 0.310. The van der Waals surface area contributed by atoms with Crippen molar-refractivity contribution in [1.82, 2.24) is 0 Å². The lowest BCUT2D eigenvalue weighted by Crippen LogP contribution is -1.64. The van der Waals surface area contributed by atoms with Crippen LogP contribution in [0.4, 0.5) is 0 Å². The fourth-order valence-electron chi connectivity index (χ4n) is 0.168. The predicted molar refractivity (Wildman–Crippen MR) is 36.9 cm³/mol. The summed E-state index contributed by atoms with van der Waals surface area (Å²) in [6.07, 6.45) is 2.48. The summed E-state index contributed by atoms with van der Waals surface area (Å²) < 4.78 is 0.310. The van der Waals surface area contributed by atoms with Crippen LogP contribution in [0.25, 0.3) is 0 Å². The summed E-state index contributed by atoms with van der Waals surface area (Å²) in [5.74, 6) is 0.683. The van der Waals surface area contributed by atoms with Crippen molar-refractivity contribution in [2.75, 3.05) is 5.75 Å². The van der Waals surface area contributed by atoms with Gasteiger partial charge in [0.1, 0.15) is 4.49 Å². The molecule has 3 heteroatoms. The minimum Gasteiger partial charge on any atom is -0.0938 e. The molecule has 41 valence electrons. The zero-order valence-electron chi connectivity index (χ0n) is 3.66. The highest BCUT2D eigenvalue weighted by Crippen LogP contribution is 2.06. The van der Waals surface area contributed by atoms with E-state index in [1.165, 1.54) is 0 Å². The molecular weight excluding hydrogens is 151 g/mol. The first-order valence-corrected chi connectivity index (χ1v) is 3.20. The molecular formula is C4H5Cl2S. The molecule has 7 heavy (non-hydrogen) atoms. The maximum Gasteiger partial charge on any atom is 0.102 e. The molecule has 0 N–H and O–H groups in total. The molecule has 0 saturated heterocycles. The summed E-state index contributed by atoms with van der Waals surface area (Å²) in [6, 6.07) is 0. The smallest absolute Gasteiger partial charge is 0.0938 e. The first-order valence-electron chi connectivity index (χ1n) is 1.86. The first-order chi connectivity index (χ1) is 3.27. The quantitative estimate of drug-likeness (QED) is 0.576. The van der Waals surface area contributed by atoms with E-state index in [-0.39, 0.29) is 0 Å². The Morgan fingerprint density at radius 1 is 1.57 bits per heavy atom. The molecule has 1 radical (unpaired) electrons. The highest BCUT2D eigenvalue weighted by atomic mass is 35.5. The van der Waals surface area contributed by atoms with Crippen LogP contribution in [0.15, 0.2) is 10.6 Å². The van der Waals surface area contributed by atoms with E-state index in [0.717, 1.165) is 6.42 Å². The number of halogens is 2. The van der Waals surface area contributed by atoms with Crippen molar-refractivity contribution in [3.63, 3.8) is 0 Å². The molecule has 0 rings (SSSR count). The number of rotatable bonds is 2. The molecule has 0 aliphatic carbocycles. The molecule has 0 aromatic heterocycles. The van der Waals surface area contributed by atoms with E-state index < -0.39 is 0 Å². The third kappa shape index (κ3) is 6.67. The van der Waals surface area contributed by atoms with Crippen LogP contribution in [0, 0.1) is 0 Å². The molecule has 0 saturated carbocycles. The molecule has 0 fully saturated rings. The molecule has 0 unspecified atom stereocenters. The van der Waals surface area contributed by atoms with Crippen molar-refractivity contribution in [3.05, 3.63) is 10.6 Å². The first kappa shape index (κ1) is 7.67. The Hall–Kier alpha value is 0.670. The van der Waals surface area contributed by atoms with E-state index in [2.05, 4.69) is 12.6 Å². The zero-order chi connectivity index (χ0) is 5.70. The monoisotopic (exact) mass is 155 g/mol. The third-order valence-electron chi connectivity index (χ3n) is 0.416. The SMILES string of the molecule is [S]CCC=C(Cl)Cl. The molecule has 0 amide bonds. The van der Waals surface area contributed by atoms with E-state index in [4.69, 9.17) is 23.2 Å². The molecule has 0 nitrogen and oxygen atoms in total. The molecule has 0 spiro atoms. The Bertz CT molecular complexity index is 66.1. The standard InChI is InChI=1S/C4H5Cl2S/c5-4(6)2-1-3-7/h2H,1,3H2. The van der Waals surface area contributed by atoms with Crippen LogP contribution in [0.2, 0.25) is 0 Å². The van der Waals surface area contributed by atoms with Crippen LogP contribution in [0.5, 0.6) is 0 Å². The second kappa shape index (κ2) is 4.82. The minimum absolute atomic E-state index is 0.310. The number of allylic oxidation sites excluding steroid dienone is 1. The van der Waals surface area contributed by atoms with Gasteiger partial charge in [-0.15, -0.1) is 0 Å². The highest BCUT2D eigenvalue weighted by Gasteiger charge is 1.79. The van der Waals surface area contributed by atoms with Gasteiger partial charge in [0.15, 0.2) is 0 Å². The van der Waals surface area contributed by atoms with Crippen LogP contribution in [-0.2, 0) is 0 Å². The van der Waals surface area contributed by atoms with Crippen LogP contribution in [0.1, 0.15) is 6.42 Å². The molecule has 0 aromatic carbocycles. The van der Waals surface area contributed by atoms with E-state index in [1.807, 2.05) is 0 Å². The van der Waals surface area contributed by atoms with Gasteiger partial charge >= 0.3 is 0 Å². The summed E-state index contributed by atoms with van der Waals surface area (Å²) >= 11 is 15.1. The van der Waals surface area contributed by atoms with Crippen LogP contribution in [0.3, 0.4) is 0 Å². The van der Waals surface area contributed by atoms with E-state index >= 15 is 0 Å². The van der Waals surface area contributed by atoms with E-state index in [1.54, 1.807) is 6.08 Å². The van der Waals surface area contributed by atoms with Gasteiger partial charge in [-0.25, -0.2) is 0 Å². The van der Waals surface area contributed by atoms with Crippen molar-refractivity contribution in [1.29, 1.82) is 0 Å². The fraction of sp³-hybridized carbons (Fsp3) is 0.500. The lowest BCUT2D eigenvalue weighted by Gasteiger charge is -1.79. The predicted octanol–water partition coefficient (Wildman–Crippen LogP) is 2.89. The second-order valence-corrected chi connectivity index (χ2v) is 2.40. The molecule has 0 heterocycles. The van der Waals surface area contributed by atoms with Crippen molar-refractivity contribution < 1.29 is 0 Å². The van der Waals surface area contributed by atoms with Crippen molar-refractivity contribution in [2.24, 2.45) is 0 Å². The second-order valence-electron chi connectivity index (χ2n) is 0.987. The van der Waals surface area contributed by atoms with Crippen molar-refractivity contribution in [3.8, 4) is 0 Å². The maximum absolute atomic E-state index is 5.24. The summed E-state index contributed by atoms with van der Waals surface area (Å²) in [5.41, 5.74) is 0. The van der Waals surface area contributed by atoms with Crippen LogP contribution in [-0.4, -0.2) is 5.75 Å². The van der Waals surface area contributed by atoms with Crippen molar-refractivity contribution >= 4 is 35.8 Å². The Balaban J connectivity index is 3.08. The average molecular weight is 156 g/mol. The highest BCUT2D eigenvalue weighted by molar-refractivity contribution is 7.80. The summed E-state index contributed by atoms with van der Waals surface area (Å²) in [4.78, 5) is 0. The van der Waals surface area contributed by atoms with Gasteiger partial charge in [0.05, 0.1) is 0 Å². The molecule has 0 bridgehead atoms. The largest absolute Gasteiger partial charge is 0.102 e. The number of hydrogen-bond acceptors (Lipinski definition) is 0. The Labute approximate surface area is 58.9 Å². The van der Waals surface area contributed by atoms with Gasteiger partial charge in [-0.1, -0.05) is 41.9 Å². The fourth-order valence-corrected chi connectivity index (χ4v) is 0.504. The third-order valence-corrected chi connectivity index (χ3v) is 0.961. The molecule has 0 aliphatic rings. The van der Waals surface area contributed by atoms with Gasteiger partial charge in [-0.05, 0) is 6.42 Å². The Morgan fingerprint density at radius 3 is 2.29 bits per heavy atom. The van der Waals surface area contributed by atoms with Gasteiger partial charge in [0, 0.05) is 5.75 Å². The van der Waals surface area contributed by atoms with Gasteiger partial charge in [0.25, 0.3) is 0 Å². The van der Waals surface area contributed by atoms with E-state index in [0.29, 0.717) is 10.2 Å². The average Bonchev–Trinajstić information content (AvgIpc) is 1.61. The molecule has 0 aliphatic heterocycles. The topological polar surface area (TPSA) is 0 Å². The lowest BCUT2D eigenvalue weighted by atomic mass is 10.5. The molecule has 0 aromatic rings. The van der Waals surface area contributed by atoms with Crippen LogP contribution >= 0.6 is 35.8 Å². The molecule has 0 atom stereocenters.